The van der Waals surface area contributed by atoms with Crippen LogP contribution in [-0.2, 0) is 6.54 Å². The molecule has 0 aliphatic heterocycles. The molecule has 2 aromatic rings. The second-order valence-corrected chi connectivity index (χ2v) is 5.98. The van der Waals surface area contributed by atoms with Crippen molar-refractivity contribution in [3.8, 4) is 0 Å². The molecule has 0 bridgehead atoms. The first-order chi connectivity index (χ1) is 7.09. The van der Waals surface area contributed by atoms with Crippen LogP contribution in [0.5, 0.6) is 0 Å². The van der Waals surface area contributed by atoms with Crippen LogP contribution < -0.4 is 0 Å². The smallest absolute Gasteiger partial charge is 0.0767 e. The highest BCUT2D eigenvalue weighted by atomic mass is 79.9. The molecule has 2 aromatic heterocycles. The van der Waals surface area contributed by atoms with Gasteiger partial charge in [-0.15, -0.1) is 11.3 Å². The van der Waals surface area contributed by atoms with E-state index in [0.717, 1.165) is 21.2 Å². The van der Waals surface area contributed by atoms with Crippen molar-refractivity contribution in [3.05, 3.63) is 36.7 Å². The highest BCUT2D eigenvalue weighted by Gasteiger charge is 2.10. The molecule has 0 amide bonds. The SMILES string of the molecule is Cc1nn(Cc2sccc2Br)c(C)c1Br. The highest BCUT2D eigenvalue weighted by Crippen LogP contribution is 2.26. The molecule has 0 N–H and O–H groups in total. The van der Waals surface area contributed by atoms with Gasteiger partial charge in [0.05, 0.1) is 22.4 Å². The molecule has 0 saturated heterocycles. The van der Waals surface area contributed by atoms with Gasteiger partial charge < -0.3 is 0 Å². The average molecular weight is 350 g/mol. The molecule has 0 radical (unpaired) electrons. The van der Waals surface area contributed by atoms with E-state index in [1.807, 2.05) is 11.6 Å². The first-order valence-electron chi connectivity index (χ1n) is 4.51. The van der Waals surface area contributed by atoms with E-state index in [1.54, 1.807) is 11.3 Å². The van der Waals surface area contributed by atoms with E-state index in [1.165, 1.54) is 10.6 Å². The summed E-state index contributed by atoms with van der Waals surface area (Å²) in [6, 6.07) is 2.07. The molecular formula is C10H10Br2N2S. The van der Waals surface area contributed by atoms with Crippen molar-refractivity contribution < 1.29 is 0 Å². The van der Waals surface area contributed by atoms with Crippen LogP contribution in [0.1, 0.15) is 16.3 Å². The number of nitrogens with zero attached hydrogens (tertiary/aromatic N) is 2. The zero-order chi connectivity index (χ0) is 11.0. The topological polar surface area (TPSA) is 17.8 Å². The van der Waals surface area contributed by atoms with Gasteiger partial charge >= 0.3 is 0 Å². The Bertz CT molecular complexity index is 488. The van der Waals surface area contributed by atoms with E-state index in [9.17, 15) is 0 Å². The number of thiophene rings is 1. The molecule has 0 aliphatic rings. The molecule has 2 rings (SSSR count). The van der Waals surface area contributed by atoms with E-state index in [4.69, 9.17) is 0 Å². The zero-order valence-corrected chi connectivity index (χ0v) is 12.4. The van der Waals surface area contributed by atoms with Crippen molar-refractivity contribution in [3.63, 3.8) is 0 Å². The fourth-order valence-corrected chi connectivity index (χ4v) is 3.15. The summed E-state index contributed by atoms with van der Waals surface area (Å²) in [7, 11) is 0. The van der Waals surface area contributed by atoms with Crippen LogP contribution in [0.3, 0.4) is 0 Å². The molecule has 0 fully saturated rings. The van der Waals surface area contributed by atoms with Gasteiger partial charge in [-0.3, -0.25) is 4.68 Å². The molecular weight excluding hydrogens is 340 g/mol. The summed E-state index contributed by atoms with van der Waals surface area (Å²) < 4.78 is 4.29. The molecule has 2 heterocycles. The Hall–Kier alpha value is -0.130. The van der Waals surface area contributed by atoms with Gasteiger partial charge in [0.1, 0.15) is 0 Å². The average Bonchev–Trinajstić information content (AvgIpc) is 2.69. The Morgan fingerprint density at radius 3 is 2.60 bits per heavy atom. The second-order valence-electron chi connectivity index (χ2n) is 3.33. The van der Waals surface area contributed by atoms with Crippen molar-refractivity contribution in [1.29, 1.82) is 0 Å². The van der Waals surface area contributed by atoms with Crippen LogP contribution in [0.25, 0.3) is 0 Å². The summed E-state index contributed by atoms with van der Waals surface area (Å²) in [6.45, 7) is 4.92. The molecule has 0 saturated carbocycles. The summed E-state index contributed by atoms with van der Waals surface area (Å²) in [4.78, 5) is 1.30. The number of hydrogen-bond donors (Lipinski definition) is 0. The monoisotopic (exact) mass is 348 g/mol. The van der Waals surface area contributed by atoms with Crippen molar-refractivity contribution >= 4 is 43.2 Å². The van der Waals surface area contributed by atoms with Crippen LogP contribution in [0, 0.1) is 13.8 Å². The van der Waals surface area contributed by atoms with Gasteiger partial charge in [0.25, 0.3) is 0 Å². The predicted molar refractivity (Wildman–Crippen MR) is 70.5 cm³/mol. The van der Waals surface area contributed by atoms with Gasteiger partial charge in [-0.05, 0) is 57.2 Å². The van der Waals surface area contributed by atoms with Crippen molar-refractivity contribution in [2.75, 3.05) is 0 Å². The van der Waals surface area contributed by atoms with E-state index < -0.39 is 0 Å². The molecule has 5 heteroatoms. The first-order valence-corrected chi connectivity index (χ1v) is 6.97. The van der Waals surface area contributed by atoms with Crippen molar-refractivity contribution in [1.82, 2.24) is 9.78 Å². The molecule has 0 atom stereocenters. The standard InChI is InChI=1S/C10H10Br2N2S/c1-6-10(12)7(2)14(13-6)5-9-8(11)3-4-15-9/h3-4H,5H2,1-2H3. The number of aryl methyl sites for hydroxylation is 1. The molecule has 80 valence electrons. The maximum atomic E-state index is 4.48. The Morgan fingerprint density at radius 2 is 2.13 bits per heavy atom. The summed E-state index contributed by atoms with van der Waals surface area (Å²) in [6.07, 6.45) is 0. The van der Waals surface area contributed by atoms with Gasteiger partial charge in [-0.1, -0.05) is 0 Å². The molecule has 0 aromatic carbocycles. The van der Waals surface area contributed by atoms with E-state index >= 15 is 0 Å². The van der Waals surface area contributed by atoms with Gasteiger partial charge in [-0.2, -0.15) is 5.10 Å². The molecule has 0 unspecified atom stereocenters. The number of hydrogen-bond acceptors (Lipinski definition) is 2. The molecule has 15 heavy (non-hydrogen) atoms. The highest BCUT2D eigenvalue weighted by molar-refractivity contribution is 9.10. The summed E-state index contributed by atoms with van der Waals surface area (Å²) in [5.41, 5.74) is 2.22. The minimum atomic E-state index is 0.830. The van der Waals surface area contributed by atoms with E-state index in [2.05, 4.69) is 55.3 Å². The van der Waals surface area contributed by atoms with Crippen LogP contribution in [-0.4, -0.2) is 9.78 Å². The van der Waals surface area contributed by atoms with Gasteiger partial charge in [0, 0.05) is 9.35 Å². The summed E-state index contributed by atoms with van der Waals surface area (Å²) >= 11 is 8.81. The predicted octanol–water partition coefficient (Wildman–Crippen LogP) is 4.13. The third kappa shape index (κ3) is 2.19. The lowest BCUT2D eigenvalue weighted by molar-refractivity contribution is 0.664. The van der Waals surface area contributed by atoms with Crippen LogP contribution in [0.2, 0.25) is 0 Å². The summed E-state index contributed by atoms with van der Waals surface area (Å²) in [5, 5.41) is 6.56. The van der Waals surface area contributed by atoms with E-state index in [-0.39, 0.29) is 0 Å². The van der Waals surface area contributed by atoms with Crippen molar-refractivity contribution in [2.24, 2.45) is 0 Å². The van der Waals surface area contributed by atoms with Crippen LogP contribution in [0.15, 0.2) is 20.4 Å². The molecule has 0 spiro atoms. The Balaban J connectivity index is 2.33. The Labute approximate surface area is 110 Å². The number of aromatic nitrogens is 2. The minimum Gasteiger partial charge on any atom is -0.263 e. The largest absolute Gasteiger partial charge is 0.263 e. The molecule has 0 aliphatic carbocycles. The summed E-state index contributed by atoms with van der Waals surface area (Å²) in [5.74, 6) is 0. The van der Waals surface area contributed by atoms with Crippen LogP contribution >= 0.6 is 43.2 Å². The zero-order valence-electron chi connectivity index (χ0n) is 8.42. The fourth-order valence-electron chi connectivity index (χ4n) is 1.40. The second kappa shape index (κ2) is 4.39. The molecule has 2 nitrogen and oxygen atoms in total. The first kappa shape index (κ1) is 11.4. The quantitative estimate of drug-likeness (QED) is 0.796. The lowest BCUT2D eigenvalue weighted by atomic mass is 10.4. The fraction of sp³-hybridized carbons (Fsp3) is 0.300. The normalized spacial score (nSPS) is 10.9. The van der Waals surface area contributed by atoms with Gasteiger partial charge in [0.15, 0.2) is 0 Å². The Kier molecular flexibility index (Phi) is 3.33. The van der Waals surface area contributed by atoms with Crippen molar-refractivity contribution in [2.45, 2.75) is 20.4 Å². The lowest BCUT2D eigenvalue weighted by Gasteiger charge is -2.02. The minimum absolute atomic E-state index is 0.830. The number of rotatable bonds is 2. The third-order valence-corrected chi connectivity index (χ3v) is 5.34. The third-order valence-electron chi connectivity index (χ3n) is 2.28. The number of halogens is 2. The maximum Gasteiger partial charge on any atom is 0.0767 e. The maximum absolute atomic E-state index is 4.48. The Morgan fingerprint density at radius 1 is 1.40 bits per heavy atom. The van der Waals surface area contributed by atoms with Crippen LogP contribution in [0.4, 0.5) is 0 Å². The van der Waals surface area contributed by atoms with E-state index in [0.29, 0.717) is 0 Å². The van der Waals surface area contributed by atoms with Gasteiger partial charge in [0.2, 0.25) is 0 Å². The lowest BCUT2D eigenvalue weighted by Crippen LogP contribution is -2.02. The van der Waals surface area contributed by atoms with Gasteiger partial charge in [-0.25, -0.2) is 0 Å².